The van der Waals surface area contributed by atoms with Gasteiger partial charge in [0, 0.05) is 16.5 Å². The summed E-state index contributed by atoms with van der Waals surface area (Å²) in [5.74, 6) is 0. The molecule has 0 aliphatic rings. The molecule has 4 heteroatoms. The monoisotopic (exact) mass is 869 g/mol. The van der Waals surface area contributed by atoms with E-state index in [2.05, 4.69) is 278 Å². The molecule has 0 saturated heterocycles. The van der Waals surface area contributed by atoms with Crippen LogP contribution >= 0.6 is 15.8 Å². The van der Waals surface area contributed by atoms with Gasteiger partial charge in [0.25, 0.3) is 0 Å². The maximum absolute atomic E-state index is 2.69. The first-order valence-corrected chi connectivity index (χ1v) is 26.6. The number of hydrogen-bond donors (Lipinski definition) is 0. The van der Waals surface area contributed by atoms with E-state index >= 15 is 0 Å². The predicted molar refractivity (Wildman–Crippen MR) is 282 cm³/mol. The quantitative estimate of drug-likeness (QED) is 0.0694. The van der Waals surface area contributed by atoms with Crippen LogP contribution in [0.4, 0.5) is 0 Å². The van der Waals surface area contributed by atoms with Crippen LogP contribution < -0.4 is 52.6 Å². The van der Waals surface area contributed by atoms with Gasteiger partial charge in [0.05, 0.1) is 11.0 Å². The van der Waals surface area contributed by atoms with E-state index < -0.39 is 23.9 Å². The Bertz CT molecular complexity index is 2970. The molecule has 64 heavy (non-hydrogen) atoms. The van der Waals surface area contributed by atoms with Crippen LogP contribution in [0.3, 0.4) is 0 Å². The highest BCUT2D eigenvalue weighted by molar-refractivity contribution is 7.80. The van der Waals surface area contributed by atoms with Crippen molar-refractivity contribution in [3.05, 3.63) is 273 Å². The Hall–Kier alpha value is -6.92. The zero-order chi connectivity index (χ0) is 42.7. The van der Waals surface area contributed by atoms with Crippen LogP contribution in [0, 0.1) is 0 Å². The zero-order valence-corrected chi connectivity index (χ0v) is 38.1. The molecule has 0 N–H and O–H groups in total. The SMILES string of the molecule is c1ccc(P(c2ccccc2)c2ccc3c(c2)c2cc(P(c4ccccc4)c4ccccc4)ccc2n3-c2ccc([Si](c3ccccc3)(c3ccccc3)c3ccccc3)cc2)cc1. The Balaban J connectivity index is 1.14. The molecule has 1 aromatic heterocycles. The number of hydrogen-bond acceptors (Lipinski definition) is 0. The molecule has 0 spiro atoms. The number of fused-ring (bicyclic) bond motifs is 3. The Morgan fingerprint density at radius 2 is 0.531 bits per heavy atom. The maximum Gasteiger partial charge on any atom is 0.179 e. The fraction of sp³-hybridized carbons (Fsp3) is 0. The van der Waals surface area contributed by atoms with Gasteiger partial charge in [0.1, 0.15) is 0 Å². The van der Waals surface area contributed by atoms with E-state index in [-0.39, 0.29) is 0 Å². The molecule has 0 amide bonds. The van der Waals surface area contributed by atoms with Crippen molar-refractivity contribution in [2.75, 3.05) is 0 Å². The predicted octanol–water partition coefficient (Wildman–Crippen LogP) is 9.68. The average Bonchev–Trinajstić information content (AvgIpc) is 3.70. The first-order chi connectivity index (χ1) is 31.8. The number of rotatable bonds is 11. The summed E-state index contributed by atoms with van der Waals surface area (Å²) >= 11 is 0. The van der Waals surface area contributed by atoms with Gasteiger partial charge in [-0.15, -0.1) is 0 Å². The standard InChI is InChI=1S/C60H45NP2Si/c1-8-22-47(23-9-1)62(48-24-10-2-11-25-48)51-38-42-59-57(44-51)58-45-52(63(49-26-12-3-13-27-49)50-28-14-4-15-29-50)39-43-60(58)61(59)46-36-40-56(41-37-46)64(53-30-16-5-17-31-53,54-32-18-6-19-33-54)55-34-20-7-21-35-55/h1-45H. The number of aromatic nitrogens is 1. The summed E-state index contributed by atoms with van der Waals surface area (Å²) in [5, 5.41) is 16.1. The van der Waals surface area contributed by atoms with E-state index in [0.717, 1.165) is 5.69 Å². The van der Waals surface area contributed by atoms with Crippen LogP contribution in [0.5, 0.6) is 0 Å². The van der Waals surface area contributed by atoms with E-state index in [1.54, 1.807) is 0 Å². The van der Waals surface area contributed by atoms with Crippen molar-refractivity contribution in [1.82, 2.24) is 4.57 Å². The van der Waals surface area contributed by atoms with Gasteiger partial charge >= 0.3 is 0 Å². The molecular weight excluding hydrogens is 825 g/mol. The maximum atomic E-state index is 2.50. The molecule has 1 nitrogen and oxygen atoms in total. The van der Waals surface area contributed by atoms with Gasteiger partial charge < -0.3 is 4.57 Å². The van der Waals surface area contributed by atoms with Crippen molar-refractivity contribution in [2.24, 2.45) is 0 Å². The Kier molecular flexibility index (Phi) is 11.0. The van der Waals surface area contributed by atoms with E-state index in [1.807, 2.05) is 0 Å². The lowest BCUT2D eigenvalue weighted by molar-refractivity contribution is 1.18. The summed E-state index contributed by atoms with van der Waals surface area (Å²) in [4.78, 5) is 0. The van der Waals surface area contributed by atoms with Crippen molar-refractivity contribution < 1.29 is 0 Å². The van der Waals surface area contributed by atoms with Crippen molar-refractivity contribution in [3.63, 3.8) is 0 Å². The summed E-state index contributed by atoms with van der Waals surface area (Å²) in [6.07, 6.45) is 0. The number of benzene rings is 10. The molecule has 0 aliphatic carbocycles. The lowest BCUT2D eigenvalue weighted by Crippen LogP contribution is -2.74. The topological polar surface area (TPSA) is 4.93 Å². The third-order valence-corrected chi connectivity index (χ3v) is 22.1. The Labute approximate surface area is 379 Å². The van der Waals surface area contributed by atoms with Gasteiger partial charge in [0.2, 0.25) is 0 Å². The highest BCUT2D eigenvalue weighted by Crippen LogP contribution is 2.39. The molecule has 0 bridgehead atoms. The second-order valence-electron chi connectivity index (χ2n) is 16.1. The van der Waals surface area contributed by atoms with Crippen LogP contribution in [-0.2, 0) is 0 Å². The fourth-order valence-corrected chi connectivity index (χ4v) is 19.1. The van der Waals surface area contributed by atoms with Gasteiger partial charge in [-0.25, -0.2) is 0 Å². The summed E-state index contributed by atoms with van der Waals surface area (Å²) in [6.45, 7) is 0. The highest BCUT2D eigenvalue weighted by Gasteiger charge is 2.41. The van der Waals surface area contributed by atoms with Crippen LogP contribution in [0.1, 0.15) is 0 Å². The minimum absolute atomic E-state index is 0.797. The van der Waals surface area contributed by atoms with Gasteiger partial charge in [-0.2, -0.15) is 0 Å². The third kappa shape index (κ3) is 7.25. The highest BCUT2D eigenvalue weighted by atomic mass is 31.1. The van der Waals surface area contributed by atoms with Crippen molar-refractivity contribution in [3.8, 4) is 5.69 Å². The molecule has 1 heterocycles. The van der Waals surface area contributed by atoms with E-state index in [4.69, 9.17) is 0 Å². The van der Waals surface area contributed by atoms with Gasteiger partial charge in [-0.1, -0.05) is 237 Å². The van der Waals surface area contributed by atoms with E-state index in [0.29, 0.717) is 0 Å². The average molecular weight is 870 g/mol. The molecule has 10 aromatic carbocycles. The minimum Gasteiger partial charge on any atom is -0.309 e. The van der Waals surface area contributed by atoms with Gasteiger partial charge in [0.15, 0.2) is 8.07 Å². The third-order valence-electron chi connectivity index (χ3n) is 12.5. The molecule has 0 aliphatic heterocycles. The Morgan fingerprint density at radius 1 is 0.250 bits per heavy atom. The lowest BCUT2D eigenvalue weighted by Gasteiger charge is -2.34. The van der Waals surface area contributed by atoms with Crippen molar-refractivity contribution in [1.29, 1.82) is 0 Å². The Morgan fingerprint density at radius 3 is 0.844 bits per heavy atom. The molecule has 0 radical (unpaired) electrons. The molecule has 0 saturated carbocycles. The fourth-order valence-electron chi connectivity index (χ4n) is 9.68. The van der Waals surface area contributed by atoms with Gasteiger partial charge in [-0.05, 0) is 105 Å². The summed E-state index contributed by atoms with van der Waals surface area (Å²) in [5.41, 5.74) is 3.57. The molecule has 11 aromatic rings. The van der Waals surface area contributed by atoms with Crippen molar-refractivity contribution in [2.45, 2.75) is 0 Å². The second kappa shape index (κ2) is 17.7. The molecular formula is C60H45NP2Si. The summed E-state index contributed by atoms with van der Waals surface area (Å²) in [6, 6.07) is 102. The zero-order valence-electron chi connectivity index (χ0n) is 35.3. The summed E-state index contributed by atoms with van der Waals surface area (Å²) < 4.78 is 2.50. The largest absolute Gasteiger partial charge is 0.309 e. The number of nitrogens with zero attached hydrogens (tertiary/aromatic N) is 1. The van der Waals surface area contributed by atoms with Crippen molar-refractivity contribution >= 4 is 98.3 Å². The molecule has 0 atom stereocenters. The molecule has 0 unspecified atom stereocenters. The van der Waals surface area contributed by atoms with Crippen LogP contribution in [0.15, 0.2) is 273 Å². The molecule has 11 rings (SSSR count). The second-order valence-corrected chi connectivity index (χ2v) is 24.4. The van der Waals surface area contributed by atoms with Gasteiger partial charge in [-0.3, -0.25) is 0 Å². The first-order valence-electron chi connectivity index (χ1n) is 21.9. The molecule has 304 valence electrons. The minimum atomic E-state index is -2.69. The van der Waals surface area contributed by atoms with E-state index in [9.17, 15) is 0 Å². The first kappa shape index (κ1) is 39.9. The lowest BCUT2D eigenvalue weighted by atomic mass is 10.1. The van der Waals surface area contributed by atoms with Crippen LogP contribution in [-0.4, -0.2) is 12.6 Å². The normalized spacial score (nSPS) is 11.7. The van der Waals surface area contributed by atoms with Crippen LogP contribution in [0.25, 0.3) is 27.5 Å². The smallest absolute Gasteiger partial charge is 0.179 e. The molecule has 0 fully saturated rings. The summed E-state index contributed by atoms with van der Waals surface area (Å²) in [7, 11) is -4.28. The van der Waals surface area contributed by atoms with E-state index in [1.165, 1.54) is 74.4 Å². The van der Waals surface area contributed by atoms with Crippen LogP contribution in [0.2, 0.25) is 0 Å².